The molecule has 6 aromatic rings. The van der Waals surface area contributed by atoms with Gasteiger partial charge in [0.1, 0.15) is 17.2 Å². The highest BCUT2D eigenvalue weighted by atomic mass is 32.1. The minimum absolute atomic E-state index is 0.210. The predicted molar refractivity (Wildman–Crippen MR) is 119 cm³/mol. The maximum Gasteiger partial charge on any atom is 0.176 e. The van der Waals surface area contributed by atoms with Crippen LogP contribution < -0.4 is 0 Å². The number of halogens is 1. The maximum absolute atomic E-state index is 13.6. The summed E-state index contributed by atoms with van der Waals surface area (Å²) in [6.07, 6.45) is 5.39. The molecule has 0 aliphatic rings. The predicted octanol–water partition coefficient (Wildman–Crippen LogP) is 5.08. The van der Waals surface area contributed by atoms with Gasteiger partial charge in [-0.1, -0.05) is 0 Å². The highest BCUT2D eigenvalue weighted by molar-refractivity contribution is 7.14. The smallest absolute Gasteiger partial charge is 0.176 e. The Bertz CT molecular complexity index is 1590. The molecule has 152 valence electrons. The summed E-state index contributed by atoms with van der Waals surface area (Å²) in [5.74, 6) is 0.932. The Morgan fingerprint density at radius 2 is 1.90 bits per heavy atom. The van der Waals surface area contributed by atoms with Crippen LogP contribution in [0.25, 0.3) is 55.2 Å². The van der Waals surface area contributed by atoms with Crippen molar-refractivity contribution in [2.45, 2.75) is 6.92 Å². The summed E-state index contributed by atoms with van der Waals surface area (Å²) in [7, 11) is 1.98. The molecule has 0 aromatic carbocycles. The van der Waals surface area contributed by atoms with Crippen LogP contribution >= 0.6 is 11.3 Å². The molecule has 0 bridgehead atoms. The van der Waals surface area contributed by atoms with E-state index in [0.29, 0.717) is 5.65 Å². The summed E-state index contributed by atoms with van der Waals surface area (Å²) in [5, 5.41) is 9.11. The summed E-state index contributed by atoms with van der Waals surface area (Å²) in [5.41, 5.74) is 5.88. The zero-order chi connectivity index (χ0) is 21.1. The summed E-state index contributed by atoms with van der Waals surface area (Å²) in [6.45, 7) is 1.97. The van der Waals surface area contributed by atoms with Gasteiger partial charge in [-0.3, -0.25) is 5.10 Å². The van der Waals surface area contributed by atoms with Crippen LogP contribution in [-0.2, 0) is 7.05 Å². The first-order valence-electron chi connectivity index (χ1n) is 9.65. The fourth-order valence-corrected chi connectivity index (χ4v) is 4.62. The number of H-pyrrole nitrogens is 2. The van der Waals surface area contributed by atoms with Crippen molar-refractivity contribution in [3.05, 3.63) is 59.9 Å². The average molecular weight is 429 g/mol. The number of thiophene rings is 1. The molecule has 6 aromatic heterocycles. The van der Waals surface area contributed by atoms with E-state index in [2.05, 4.69) is 36.2 Å². The number of hydrogen-bond donors (Lipinski definition) is 2. The lowest BCUT2D eigenvalue weighted by atomic mass is 10.1. The van der Waals surface area contributed by atoms with Crippen molar-refractivity contribution in [1.29, 1.82) is 0 Å². The fourth-order valence-electron chi connectivity index (χ4n) is 3.85. The molecule has 9 heteroatoms. The van der Waals surface area contributed by atoms with Crippen molar-refractivity contribution in [2.75, 3.05) is 0 Å². The molecule has 6 heterocycles. The van der Waals surface area contributed by atoms with Crippen LogP contribution in [0.15, 0.2) is 48.9 Å². The third kappa shape index (κ3) is 2.77. The van der Waals surface area contributed by atoms with Gasteiger partial charge in [-0.05, 0) is 37.3 Å². The van der Waals surface area contributed by atoms with Gasteiger partial charge < -0.3 is 9.55 Å². The molecule has 6 rings (SSSR count). The molecule has 0 amide bonds. The second-order valence-electron chi connectivity index (χ2n) is 7.35. The number of aromatic amines is 2. The molecule has 0 fully saturated rings. The van der Waals surface area contributed by atoms with E-state index in [-0.39, 0.29) is 5.13 Å². The Morgan fingerprint density at radius 3 is 2.68 bits per heavy atom. The average Bonchev–Trinajstić information content (AvgIpc) is 3.54. The molecule has 7 nitrogen and oxygen atoms in total. The molecule has 0 saturated carbocycles. The number of hydrogen-bond acceptors (Lipinski definition) is 5. The van der Waals surface area contributed by atoms with Crippen molar-refractivity contribution in [3.8, 4) is 33.1 Å². The quantitative estimate of drug-likeness (QED) is 0.411. The first-order chi connectivity index (χ1) is 15.1. The molecule has 0 aliphatic heterocycles. The van der Waals surface area contributed by atoms with Gasteiger partial charge in [-0.2, -0.15) is 9.49 Å². The number of nitrogens with zero attached hydrogens (tertiary/aromatic N) is 5. The fraction of sp³-hybridized carbons (Fsp3) is 0.0909. The van der Waals surface area contributed by atoms with Gasteiger partial charge in [-0.15, -0.1) is 11.3 Å². The Kier molecular flexibility index (Phi) is 3.81. The SMILES string of the molecule is Cc1ncc(-c2cnc3[nH]nc(-c4cc5c(-c6ccc(F)s6)ccnc5[nH]4)c3c2)n1C. The molecule has 0 spiro atoms. The van der Waals surface area contributed by atoms with E-state index >= 15 is 0 Å². The lowest BCUT2D eigenvalue weighted by Crippen LogP contribution is -1.94. The van der Waals surface area contributed by atoms with Crippen molar-refractivity contribution in [2.24, 2.45) is 7.05 Å². The molecular weight excluding hydrogens is 413 g/mol. The number of imidazole rings is 1. The monoisotopic (exact) mass is 429 g/mol. The minimum atomic E-state index is -0.210. The highest BCUT2D eigenvalue weighted by Crippen LogP contribution is 2.36. The molecule has 0 saturated heterocycles. The van der Waals surface area contributed by atoms with Crippen LogP contribution in [0, 0.1) is 12.1 Å². The Balaban J connectivity index is 1.52. The second kappa shape index (κ2) is 6.58. The van der Waals surface area contributed by atoms with Crippen LogP contribution in [0.1, 0.15) is 5.82 Å². The number of aryl methyl sites for hydroxylation is 1. The summed E-state index contributed by atoms with van der Waals surface area (Å²) < 4.78 is 15.6. The number of pyridine rings is 2. The number of aromatic nitrogens is 7. The van der Waals surface area contributed by atoms with E-state index in [1.54, 1.807) is 12.3 Å². The highest BCUT2D eigenvalue weighted by Gasteiger charge is 2.17. The summed E-state index contributed by atoms with van der Waals surface area (Å²) >= 11 is 1.12. The van der Waals surface area contributed by atoms with Crippen LogP contribution in [-0.4, -0.2) is 34.7 Å². The Labute approximate surface area is 179 Å². The first-order valence-corrected chi connectivity index (χ1v) is 10.5. The van der Waals surface area contributed by atoms with E-state index in [1.807, 2.05) is 43.1 Å². The van der Waals surface area contributed by atoms with E-state index in [4.69, 9.17) is 0 Å². The van der Waals surface area contributed by atoms with E-state index in [1.165, 1.54) is 6.07 Å². The first kappa shape index (κ1) is 18.0. The zero-order valence-electron chi connectivity index (χ0n) is 16.6. The number of rotatable bonds is 3. The molecule has 31 heavy (non-hydrogen) atoms. The Morgan fingerprint density at radius 1 is 1.00 bits per heavy atom. The van der Waals surface area contributed by atoms with E-state index < -0.39 is 0 Å². The number of nitrogens with one attached hydrogen (secondary N) is 2. The van der Waals surface area contributed by atoms with Crippen LogP contribution in [0.4, 0.5) is 4.39 Å². The standard InChI is InChI=1S/C22H16FN7S/c1-11-25-10-17(30(11)2)12-7-15-20(28-29-22(15)26-9-12)16-8-14-13(5-6-24-21(14)27-16)18-3-4-19(23)31-18/h3-10H,1-2H3,(H,24,27)(H,26,28,29). The van der Waals surface area contributed by atoms with Gasteiger partial charge in [0.25, 0.3) is 0 Å². The van der Waals surface area contributed by atoms with Crippen LogP contribution in [0.5, 0.6) is 0 Å². The molecule has 0 radical (unpaired) electrons. The third-order valence-corrected chi connectivity index (χ3v) is 6.47. The normalized spacial score (nSPS) is 11.7. The van der Waals surface area contributed by atoms with Gasteiger partial charge in [0.15, 0.2) is 10.8 Å². The van der Waals surface area contributed by atoms with Gasteiger partial charge >= 0.3 is 0 Å². The van der Waals surface area contributed by atoms with E-state index in [0.717, 1.165) is 66.7 Å². The van der Waals surface area contributed by atoms with Gasteiger partial charge in [0, 0.05) is 46.2 Å². The second-order valence-corrected chi connectivity index (χ2v) is 8.38. The Hall–Kier alpha value is -3.85. The van der Waals surface area contributed by atoms with Gasteiger partial charge in [0.2, 0.25) is 0 Å². The third-order valence-electron chi connectivity index (χ3n) is 5.56. The molecule has 0 aliphatic carbocycles. The lowest BCUT2D eigenvalue weighted by Gasteiger charge is -2.04. The largest absolute Gasteiger partial charge is 0.338 e. The lowest BCUT2D eigenvalue weighted by molar-refractivity contribution is 0.657. The summed E-state index contributed by atoms with van der Waals surface area (Å²) in [4.78, 5) is 17.6. The van der Waals surface area contributed by atoms with Crippen LogP contribution in [0.3, 0.4) is 0 Å². The van der Waals surface area contributed by atoms with Crippen molar-refractivity contribution in [3.63, 3.8) is 0 Å². The van der Waals surface area contributed by atoms with Crippen molar-refractivity contribution >= 4 is 33.4 Å². The van der Waals surface area contributed by atoms with Crippen LogP contribution in [0.2, 0.25) is 0 Å². The maximum atomic E-state index is 13.6. The van der Waals surface area contributed by atoms with Crippen molar-refractivity contribution < 1.29 is 4.39 Å². The molecular formula is C22H16FN7S. The van der Waals surface area contributed by atoms with Crippen molar-refractivity contribution in [1.82, 2.24) is 34.7 Å². The van der Waals surface area contributed by atoms with E-state index in [9.17, 15) is 4.39 Å². The molecule has 0 atom stereocenters. The van der Waals surface area contributed by atoms with Gasteiger partial charge in [-0.25, -0.2) is 15.0 Å². The number of fused-ring (bicyclic) bond motifs is 2. The topological polar surface area (TPSA) is 88.1 Å². The zero-order valence-corrected chi connectivity index (χ0v) is 17.5. The molecule has 2 N–H and O–H groups in total. The van der Waals surface area contributed by atoms with Gasteiger partial charge in [0.05, 0.1) is 17.6 Å². The molecule has 0 unspecified atom stereocenters. The minimum Gasteiger partial charge on any atom is -0.338 e. The summed E-state index contributed by atoms with van der Waals surface area (Å²) in [6, 6.07) is 9.24.